The molecule has 0 fully saturated rings. The predicted octanol–water partition coefficient (Wildman–Crippen LogP) is 3.41. The Morgan fingerprint density at radius 2 is 2.00 bits per heavy atom. The summed E-state index contributed by atoms with van der Waals surface area (Å²) >= 11 is 0. The van der Waals surface area contributed by atoms with E-state index in [1.807, 2.05) is 55.5 Å². The quantitative estimate of drug-likeness (QED) is 0.774. The average Bonchev–Trinajstić information content (AvgIpc) is 2.98. The SMILES string of the molecule is COc1cccc(CNC(=O)c2cc3ccccc3[nH]2)c1C. The van der Waals surface area contributed by atoms with Crippen molar-refractivity contribution in [2.75, 3.05) is 7.11 Å². The van der Waals surface area contributed by atoms with Gasteiger partial charge in [0.15, 0.2) is 0 Å². The lowest BCUT2D eigenvalue weighted by Crippen LogP contribution is -2.23. The molecule has 1 aromatic heterocycles. The van der Waals surface area contributed by atoms with Crippen LogP contribution in [0, 0.1) is 6.92 Å². The molecule has 4 heteroatoms. The molecule has 0 saturated carbocycles. The molecule has 0 aliphatic carbocycles. The fourth-order valence-corrected chi connectivity index (χ4v) is 2.54. The van der Waals surface area contributed by atoms with Crippen LogP contribution in [0.1, 0.15) is 21.6 Å². The van der Waals surface area contributed by atoms with Crippen LogP contribution in [0.3, 0.4) is 0 Å². The van der Waals surface area contributed by atoms with Gasteiger partial charge in [-0.2, -0.15) is 0 Å². The lowest BCUT2D eigenvalue weighted by Gasteiger charge is -2.10. The Hall–Kier alpha value is -2.75. The minimum Gasteiger partial charge on any atom is -0.496 e. The maximum atomic E-state index is 12.3. The van der Waals surface area contributed by atoms with Gasteiger partial charge in [0.25, 0.3) is 5.91 Å². The van der Waals surface area contributed by atoms with Crippen LogP contribution in [0.15, 0.2) is 48.5 Å². The largest absolute Gasteiger partial charge is 0.496 e. The maximum Gasteiger partial charge on any atom is 0.267 e. The van der Waals surface area contributed by atoms with E-state index >= 15 is 0 Å². The van der Waals surface area contributed by atoms with Crippen molar-refractivity contribution >= 4 is 16.8 Å². The van der Waals surface area contributed by atoms with Gasteiger partial charge < -0.3 is 15.0 Å². The van der Waals surface area contributed by atoms with E-state index < -0.39 is 0 Å². The van der Waals surface area contributed by atoms with Crippen LogP contribution < -0.4 is 10.1 Å². The molecule has 3 rings (SSSR count). The summed E-state index contributed by atoms with van der Waals surface area (Å²) in [4.78, 5) is 15.4. The van der Waals surface area contributed by atoms with Crippen LogP contribution in [0.2, 0.25) is 0 Å². The summed E-state index contributed by atoms with van der Waals surface area (Å²) < 4.78 is 5.30. The van der Waals surface area contributed by atoms with E-state index in [-0.39, 0.29) is 5.91 Å². The third-order valence-corrected chi connectivity index (χ3v) is 3.83. The zero-order valence-corrected chi connectivity index (χ0v) is 12.6. The van der Waals surface area contributed by atoms with Crippen LogP contribution >= 0.6 is 0 Å². The molecule has 0 saturated heterocycles. The summed E-state index contributed by atoms with van der Waals surface area (Å²) in [5.41, 5.74) is 3.62. The average molecular weight is 294 g/mol. The number of aromatic nitrogens is 1. The van der Waals surface area contributed by atoms with Crippen molar-refractivity contribution in [3.05, 3.63) is 65.4 Å². The van der Waals surface area contributed by atoms with Gasteiger partial charge in [-0.1, -0.05) is 30.3 Å². The standard InChI is InChI=1S/C18H18N2O2/c1-12-14(7-5-9-17(12)22-2)11-19-18(21)16-10-13-6-3-4-8-15(13)20-16/h3-10,20H,11H2,1-2H3,(H,19,21). The number of H-pyrrole nitrogens is 1. The number of ether oxygens (including phenoxy) is 1. The minimum absolute atomic E-state index is 0.113. The third-order valence-electron chi connectivity index (χ3n) is 3.83. The Morgan fingerprint density at radius 3 is 2.77 bits per heavy atom. The van der Waals surface area contributed by atoms with Gasteiger partial charge in [0.05, 0.1) is 7.11 Å². The zero-order chi connectivity index (χ0) is 15.5. The number of amides is 1. The molecule has 0 spiro atoms. The second-order valence-corrected chi connectivity index (χ2v) is 5.20. The van der Waals surface area contributed by atoms with Crippen LogP contribution in [0.4, 0.5) is 0 Å². The first-order valence-electron chi connectivity index (χ1n) is 7.17. The third kappa shape index (κ3) is 2.68. The van der Waals surface area contributed by atoms with Gasteiger partial charge in [0, 0.05) is 17.4 Å². The first kappa shape index (κ1) is 14.2. The van der Waals surface area contributed by atoms with Gasteiger partial charge in [-0.15, -0.1) is 0 Å². The lowest BCUT2D eigenvalue weighted by atomic mass is 10.1. The second-order valence-electron chi connectivity index (χ2n) is 5.20. The van der Waals surface area contributed by atoms with E-state index in [1.165, 1.54) is 0 Å². The van der Waals surface area contributed by atoms with Crippen LogP contribution in [0.25, 0.3) is 10.9 Å². The van der Waals surface area contributed by atoms with Crippen molar-refractivity contribution in [2.45, 2.75) is 13.5 Å². The first-order valence-corrected chi connectivity index (χ1v) is 7.17. The number of carbonyl (C=O) groups is 1. The lowest BCUT2D eigenvalue weighted by molar-refractivity contribution is 0.0946. The highest BCUT2D eigenvalue weighted by atomic mass is 16.5. The second kappa shape index (κ2) is 5.93. The fraction of sp³-hybridized carbons (Fsp3) is 0.167. The van der Waals surface area contributed by atoms with Gasteiger partial charge in [0.1, 0.15) is 11.4 Å². The van der Waals surface area contributed by atoms with E-state index in [4.69, 9.17) is 4.74 Å². The Morgan fingerprint density at radius 1 is 1.18 bits per heavy atom. The van der Waals surface area contributed by atoms with Crippen molar-refractivity contribution in [3.8, 4) is 5.75 Å². The number of nitrogens with one attached hydrogen (secondary N) is 2. The number of para-hydroxylation sites is 1. The van der Waals surface area contributed by atoms with E-state index in [0.29, 0.717) is 12.2 Å². The highest BCUT2D eigenvalue weighted by molar-refractivity contribution is 5.97. The summed E-state index contributed by atoms with van der Waals surface area (Å²) in [5, 5.41) is 3.98. The van der Waals surface area contributed by atoms with Gasteiger partial charge in [-0.25, -0.2) is 0 Å². The first-order chi connectivity index (χ1) is 10.7. The molecule has 0 bridgehead atoms. The van der Waals surface area contributed by atoms with Crippen LogP contribution in [0.5, 0.6) is 5.75 Å². The van der Waals surface area contributed by atoms with Crippen molar-refractivity contribution in [2.24, 2.45) is 0 Å². The number of hydrogen-bond acceptors (Lipinski definition) is 2. The molecule has 0 radical (unpaired) electrons. The van der Waals surface area contributed by atoms with E-state index in [1.54, 1.807) is 7.11 Å². The molecule has 1 amide bonds. The van der Waals surface area contributed by atoms with Gasteiger partial charge in [-0.3, -0.25) is 4.79 Å². The molecule has 0 unspecified atom stereocenters. The number of aromatic amines is 1. The highest BCUT2D eigenvalue weighted by Gasteiger charge is 2.10. The smallest absolute Gasteiger partial charge is 0.267 e. The molecular formula is C18H18N2O2. The fourth-order valence-electron chi connectivity index (χ4n) is 2.54. The molecule has 112 valence electrons. The molecule has 3 aromatic rings. The molecule has 0 atom stereocenters. The van der Waals surface area contributed by atoms with Gasteiger partial charge in [-0.05, 0) is 36.2 Å². The summed E-state index contributed by atoms with van der Waals surface area (Å²) in [6, 6.07) is 15.5. The van der Waals surface area contributed by atoms with E-state index in [0.717, 1.165) is 27.8 Å². The van der Waals surface area contributed by atoms with Crippen molar-refractivity contribution < 1.29 is 9.53 Å². The van der Waals surface area contributed by atoms with Gasteiger partial charge >= 0.3 is 0 Å². The topological polar surface area (TPSA) is 54.1 Å². The number of methoxy groups -OCH3 is 1. The Labute approximate surface area is 129 Å². The number of benzene rings is 2. The monoisotopic (exact) mass is 294 g/mol. The predicted molar refractivity (Wildman–Crippen MR) is 87.2 cm³/mol. The zero-order valence-electron chi connectivity index (χ0n) is 12.6. The van der Waals surface area contributed by atoms with Crippen LogP contribution in [-0.4, -0.2) is 18.0 Å². The number of hydrogen-bond donors (Lipinski definition) is 2. The molecular weight excluding hydrogens is 276 g/mol. The molecule has 2 aromatic carbocycles. The number of fused-ring (bicyclic) bond motifs is 1. The molecule has 4 nitrogen and oxygen atoms in total. The Bertz CT molecular complexity index is 788. The van der Waals surface area contributed by atoms with Gasteiger partial charge in [0.2, 0.25) is 0 Å². The summed E-state index contributed by atoms with van der Waals surface area (Å²) in [7, 11) is 1.65. The molecule has 1 heterocycles. The highest BCUT2D eigenvalue weighted by Crippen LogP contribution is 2.21. The summed E-state index contributed by atoms with van der Waals surface area (Å²) in [6.07, 6.45) is 0. The van der Waals surface area contributed by atoms with Crippen LogP contribution in [-0.2, 0) is 6.54 Å². The Kier molecular flexibility index (Phi) is 3.83. The number of rotatable bonds is 4. The van der Waals surface area contributed by atoms with E-state index in [9.17, 15) is 4.79 Å². The minimum atomic E-state index is -0.113. The van der Waals surface area contributed by atoms with Crippen molar-refractivity contribution in [3.63, 3.8) is 0 Å². The molecule has 2 N–H and O–H groups in total. The maximum absolute atomic E-state index is 12.3. The van der Waals surface area contributed by atoms with E-state index in [2.05, 4.69) is 10.3 Å². The summed E-state index contributed by atoms with van der Waals surface area (Å²) in [5.74, 6) is 0.718. The molecule has 22 heavy (non-hydrogen) atoms. The summed E-state index contributed by atoms with van der Waals surface area (Å²) in [6.45, 7) is 2.46. The normalized spacial score (nSPS) is 10.6. The molecule has 0 aliphatic heterocycles. The molecule has 0 aliphatic rings. The van der Waals surface area contributed by atoms with Crippen molar-refractivity contribution in [1.82, 2.24) is 10.3 Å². The number of carbonyl (C=O) groups excluding carboxylic acids is 1. The Balaban J connectivity index is 1.75. The van der Waals surface area contributed by atoms with Crippen molar-refractivity contribution in [1.29, 1.82) is 0 Å².